The highest BCUT2D eigenvalue weighted by atomic mass is 16.8. The molecule has 0 aromatic heterocycles. The summed E-state index contributed by atoms with van der Waals surface area (Å²) in [4.78, 5) is 0. The summed E-state index contributed by atoms with van der Waals surface area (Å²) in [6.07, 6.45) is -22.1. The highest BCUT2D eigenvalue weighted by molar-refractivity contribution is 5.69. The van der Waals surface area contributed by atoms with Crippen LogP contribution in [0.1, 0.15) is 24.2 Å². The Labute approximate surface area is 295 Å². The van der Waals surface area contributed by atoms with Crippen LogP contribution >= 0.6 is 0 Å². The second-order valence-corrected chi connectivity index (χ2v) is 12.9. The first kappa shape index (κ1) is 38.2. The molecule has 0 bridgehead atoms. The van der Waals surface area contributed by atoms with E-state index in [9.17, 15) is 56.2 Å². The third-order valence-corrected chi connectivity index (χ3v) is 9.34. The molecule has 3 fully saturated rings. The van der Waals surface area contributed by atoms with E-state index in [1.54, 1.807) is 0 Å². The number of methoxy groups -OCH3 is 1. The van der Waals surface area contributed by atoms with Gasteiger partial charge in [0.05, 0.1) is 38.1 Å². The lowest BCUT2D eigenvalue weighted by Gasteiger charge is -2.45. The van der Waals surface area contributed by atoms with E-state index < -0.39 is 105 Å². The summed E-state index contributed by atoms with van der Waals surface area (Å²) in [6, 6.07) is 6.67. The van der Waals surface area contributed by atoms with E-state index in [0.29, 0.717) is 5.56 Å². The first-order valence-electron chi connectivity index (χ1n) is 16.3. The molecule has 15 atom stereocenters. The normalized spacial score (nSPS) is 39.2. The fourth-order valence-corrected chi connectivity index (χ4v) is 6.30. The number of aliphatic hydroxyl groups is 9. The van der Waals surface area contributed by atoms with Gasteiger partial charge in [-0.05, 0) is 25.1 Å². The molecule has 19 nitrogen and oxygen atoms in total. The van der Waals surface area contributed by atoms with Gasteiger partial charge in [-0.1, -0.05) is 0 Å². The van der Waals surface area contributed by atoms with Crippen LogP contribution in [0.4, 0.5) is 0 Å². The van der Waals surface area contributed by atoms with Crippen molar-refractivity contribution >= 4 is 6.08 Å². The van der Waals surface area contributed by atoms with E-state index in [4.69, 9.17) is 33.2 Å². The Balaban J connectivity index is 1.33. The van der Waals surface area contributed by atoms with E-state index in [1.807, 2.05) is 0 Å². The van der Waals surface area contributed by atoms with Gasteiger partial charge in [0.25, 0.3) is 11.9 Å². The van der Waals surface area contributed by atoms with Gasteiger partial charge in [0.15, 0.2) is 35.9 Å². The molecule has 288 valence electrons. The monoisotopic (exact) mass is 743 g/mol. The summed E-state index contributed by atoms with van der Waals surface area (Å²) in [5.74, 6) is -0.675. The van der Waals surface area contributed by atoms with Crippen LogP contribution in [-0.4, -0.2) is 167 Å². The predicted molar refractivity (Wildman–Crippen MR) is 170 cm³/mol. The average molecular weight is 744 g/mol. The van der Waals surface area contributed by atoms with Gasteiger partial charge in [0.1, 0.15) is 72.0 Å². The topological polar surface area (TPSA) is 300 Å². The number of aromatic hydroxyl groups is 4. The molecule has 0 aliphatic carbocycles. The van der Waals surface area contributed by atoms with Crippen LogP contribution in [0.25, 0.3) is 6.08 Å². The number of fused-ring (bicyclic) bond motifs is 1. The summed E-state index contributed by atoms with van der Waals surface area (Å²) < 4.78 is 44.6. The van der Waals surface area contributed by atoms with Gasteiger partial charge in [-0.25, -0.2) is 0 Å². The molecule has 4 aliphatic heterocycles. The number of phenolic OH excluding ortho intramolecular Hbond substituents is 3. The highest BCUT2D eigenvalue weighted by Gasteiger charge is 2.52. The maximum Gasteiger partial charge on any atom is 0.270 e. The summed E-state index contributed by atoms with van der Waals surface area (Å²) in [6.45, 7) is 0.396. The molecule has 0 spiro atoms. The van der Waals surface area contributed by atoms with E-state index in [-0.39, 0.29) is 40.1 Å². The number of hydrogen-bond acceptors (Lipinski definition) is 18. The molecule has 15 unspecified atom stereocenters. The van der Waals surface area contributed by atoms with Crippen LogP contribution in [0.2, 0.25) is 0 Å². The summed E-state index contributed by atoms with van der Waals surface area (Å²) in [7, 11) is 1.33. The van der Waals surface area contributed by atoms with Crippen molar-refractivity contribution in [2.75, 3.05) is 20.3 Å². The smallest absolute Gasteiger partial charge is 0.270 e. The highest BCUT2D eigenvalue weighted by Crippen LogP contribution is 2.46. The average Bonchev–Trinajstić information content (AvgIpc) is 3.11. The maximum atomic E-state index is 11.4. The number of benzene rings is 2. The zero-order valence-corrected chi connectivity index (χ0v) is 27.8. The van der Waals surface area contributed by atoms with Gasteiger partial charge >= 0.3 is 0 Å². The zero-order valence-electron chi connectivity index (χ0n) is 27.8. The van der Waals surface area contributed by atoms with Crippen molar-refractivity contribution < 1.29 is 94.1 Å². The van der Waals surface area contributed by atoms with Crippen molar-refractivity contribution in [2.24, 2.45) is 0 Å². The fraction of sp³-hybridized carbons (Fsp3) is 0.576. The second kappa shape index (κ2) is 15.4. The summed E-state index contributed by atoms with van der Waals surface area (Å²) in [5, 5.41) is 115. The third-order valence-electron chi connectivity index (χ3n) is 9.34. The first-order valence-corrected chi connectivity index (χ1v) is 16.3. The number of aliphatic hydroxyl groups excluding tert-OH is 8. The molecule has 0 amide bonds. The van der Waals surface area contributed by atoms with E-state index in [1.165, 1.54) is 44.4 Å². The molecular weight excluding hydrogens is 700 g/mol. The zero-order chi connectivity index (χ0) is 37.6. The molecule has 2 aromatic carbocycles. The molecule has 6 rings (SSSR count). The molecule has 12 N–H and O–H groups in total. The Morgan fingerprint density at radius 3 is 2.23 bits per heavy atom. The fourth-order valence-electron chi connectivity index (χ4n) is 6.30. The van der Waals surface area contributed by atoms with Crippen LogP contribution in [0.15, 0.2) is 36.1 Å². The van der Waals surface area contributed by atoms with Crippen LogP contribution in [0.3, 0.4) is 0 Å². The lowest BCUT2D eigenvalue weighted by Crippen LogP contribution is -2.63. The molecule has 4 heterocycles. The SMILES string of the molecule is COc1cc(C2[OH+]c3cc(O)cc(O)c3C=C2OC2OC(COC3OC(C)C(O)C(O)C3O)C(O)C(O)C2OC2OCC(O)C(O)C2O)ccc1O. The van der Waals surface area contributed by atoms with Crippen LogP contribution in [0.5, 0.6) is 28.7 Å². The third kappa shape index (κ3) is 7.46. The second-order valence-electron chi connectivity index (χ2n) is 12.9. The number of rotatable bonds is 9. The largest absolute Gasteiger partial charge is 0.571 e. The van der Waals surface area contributed by atoms with Gasteiger partial charge in [0, 0.05) is 12.1 Å². The number of hydrogen-bond donors (Lipinski definition) is 11. The molecule has 0 radical (unpaired) electrons. The number of ether oxygens (including phenoxy) is 8. The van der Waals surface area contributed by atoms with Gasteiger partial charge in [-0.3, -0.25) is 0 Å². The minimum atomic E-state index is -1.89. The molecule has 0 saturated carbocycles. The van der Waals surface area contributed by atoms with Gasteiger partial charge in [0.2, 0.25) is 6.29 Å². The van der Waals surface area contributed by atoms with E-state index in [2.05, 4.69) is 4.74 Å². The van der Waals surface area contributed by atoms with Crippen molar-refractivity contribution in [3.05, 3.63) is 47.2 Å². The Hall–Kier alpha value is -3.54. The molecule has 4 aliphatic rings. The minimum Gasteiger partial charge on any atom is -0.571 e. The lowest BCUT2D eigenvalue weighted by molar-refractivity contribution is -0.360. The van der Waals surface area contributed by atoms with Crippen LogP contribution in [-0.2, 0) is 28.4 Å². The van der Waals surface area contributed by atoms with Crippen LogP contribution in [0, 0.1) is 0 Å². The summed E-state index contributed by atoms with van der Waals surface area (Å²) >= 11 is 0. The van der Waals surface area contributed by atoms with Crippen molar-refractivity contribution in [3.8, 4) is 28.7 Å². The molecule has 52 heavy (non-hydrogen) atoms. The molecule has 3 saturated heterocycles. The van der Waals surface area contributed by atoms with Crippen molar-refractivity contribution in [3.63, 3.8) is 0 Å². The Bertz CT molecular complexity index is 1590. The molecule has 19 heteroatoms. The van der Waals surface area contributed by atoms with Gasteiger partial charge in [-0.15, -0.1) is 0 Å². The first-order chi connectivity index (χ1) is 24.7. The van der Waals surface area contributed by atoms with Gasteiger partial charge < -0.3 is 94.1 Å². The van der Waals surface area contributed by atoms with Crippen LogP contribution < -0.4 is 4.74 Å². The predicted octanol–water partition coefficient (Wildman–Crippen LogP) is -2.72. The Morgan fingerprint density at radius 1 is 0.769 bits per heavy atom. The van der Waals surface area contributed by atoms with E-state index in [0.717, 1.165) is 6.07 Å². The standard InChI is InChI=1S/C33H42O19/c1-11-22(38)25(41)28(44)31(48-11)47-10-21-24(40)26(42)30(52-32-27(43)23(39)17(37)9-46-32)33(51-21)50-20-8-14-16(36)6-13(34)7-18(14)49-29(20)12-3-4-15(35)19(5-12)45-2/h3-8,11,17,21-44H,9-10H2,1-2H3/p+1. The minimum absolute atomic E-state index is 0.0550. The Kier molecular flexibility index (Phi) is 11.3. The Morgan fingerprint density at radius 2 is 1.50 bits per heavy atom. The van der Waals surface area contributed by atoms with Crippen molar-refractivity contribution in [1.82, 2.24) is 0 Å². The quantitative estimate of drug-likeness (QED) is 0.116. The van der Waals surface area contributed by atoms with Gasteiger partial charge in [-0.2, -0.15) is 0 Å². The maximum absolute atomic E-state index is 11.4. The number of phenols is 3. The summed E-state index contributed by atoms with van der Waals surface area (Å²) in [5.41, 5.74) is 0.495. The van der Waals surface area contributed by atoms with Crippen molar-refractivity contribution in [1.29, 1.82) is 0 Å². The molecular formula is C33H43O19+. The molecule has 2 aromatic rings. The van der Waals surface area contributed by atoms with Crippen molar-refractivity contribution in [2.45, 2.75) is 99.0 Å². The lowest BCUT2D eigenvalue weighted by atomic mass is 9.97. The van der Waals surface area contributed by atoms with E-state index >= 15 is 0 Å².